The Kier molecular flexibility index (Phi) is 9.27. The number of ether oxygens (including phenoxy) is 2. The van der Waals surface area contributed by atoms with Gasteiger partial charge < -0.3 is 30.4 Å². The molecule has 1 saturated carbocycles. The van der Waals surface area contributed by atoms with Gasteiger partial charge in [-0.05, 0) is 60.9 Å². The number of alkyl carbamates (subject to hydrolysis) is 1. The summed E-state index contributed by atoms with van der Waals surface area (Å²) in [5.41, 5.74) is 2.11. The van der Waals surface area contributed by atoms with Crippen LogP contribution in [-0.2, 0) is 24.5 Å². The first kappa shape index (κ1) is 30.8. The smallest absolute Gasteiger partial charge is 0.407 e. The molecule has 2 heterocycles. The van der Waals surface area contributed by atoms with E-state index in [1.165, 1.54) is 7.11 Å². The maximum Gasteiger partial charge on any atom is 0.407 e. The third-order valence-electron chi connectivity index (χ3n) is 8.82. The van der Waals surface area contributed by atoms with E-state index < -0.39 is 23.6 Å². The van der Waals surface area contributed by atoms with Gasteiger partial charge in [0.25, 0.3) is 0 Å². The molecule has 11 heteroatoms. The Bertz CT molecular complexity index is 1480. The molecule has 0 spiro atoms. The van der Waals surface area contributed by atoms with Gasteiger partial charge in [0.15, 0.2) is 0 Å². The van der Waals surface area contributed by atoms with Crippen LogP contribution in [0, 0.1) is 11.8 Å². The van der Waals surface area contributed by atoms with Gasteiger partial charge in [-0.15, -0.1) is 0 Å². The second-order valence-electron chi connectivity index (χ2n) is 11.9. The van der Waals surface area contributed by atoms with E-state index in [0.717, 1.165) is 35.9 Å². The van der Waals surface area contributed by atoms with Crippen molar-refractivity contribution < 1.29 is 23.9 Å². The van der Waals surface area contributed by atoms with E-state index in [2.05, 4.69) is 34.8 Å². The summed E-state index contributed by atoms with van der Waals surface area (Å²) in [4.78, 5) is 47.4. The number of amides is 3. The summed E-state index contributed by atoms with van der Waals surface area (Å²) >= 11 is 6.62. The monoisotopic (exact) mass is 609 g/mol. The number of aromatic amines is 1. The van der Waals surface area contributed by atoms with Crippen molar-refractivity contribution in [3.63, 3.8) is 0 Å². The molecule has 2 fully saturated rings. The van der Waals surface area contributed by atoms with Crippen LogP contribution in [0.5, 0.6) is 0 Å². The number of likely N-dealkylation sites (N-methyl/N-ethyl adjacent to an activating group) is 1. The van der Waals surface area contributed by atoms with Gasteiger partial charge in [0.05, 0.1) is 37.4 Å². The molecule has 3 atom stereocenters. The van der Waals surface area contributed by atoms with Crippen LogP contribution in [0.2, 0.25) is 5.02 Å². The third kappa shape index (κ3) is 6.08. The molecule has 4 N–H and O–H groups in total. The molecule has 2 aliphatic rings. The largest absolute Gasteiger partial charge is 0.453 e. The number of nitrogens with zero attached hydrogens (tertiary/aromatic N) is 1. The van der Waals surface area contributed by atoms with Crippen molar-refractivity contribution in [3.05, 3.63) is 64.4 Å². The number of fused-ring (bicyclic) bond motifs is 1. The number of nitrogens with one attached hydrogen (secondary N) is 4. The molecule has 10 nitrogen and oxygen atoms in total. The number of benzene rings is 2. The second kappa shape index (κ2) is 12.9. The minimum atomic E-state index is -0.927. The molecule has 1 aliphatic carbocycles. The number of rotatable bonds is 11. The maximum absolute atomic E-state index is 13.8. The lowest BCUT2D eigenvalue weighted by molar-refractivity contribution is -0.148. The maximum atomic E-state index is 13.8. The lowest BCUT2D eigenvalue weighted by Gasteiger charge is -2.42. The van der Waals surface area contributed by atoms with Gasteiger partial charge in [0.1, 0.15) is 17.3 Å². The third-order valence-corrected chi connectivity index (χ3v) is 9.17. The summed E-state index contributed by atoms with van der Waals surface area (Å²) in [7, 11) is 1.32. The number of hydrogen-bond acceptors (Lipinski definition) is 6. The zero-order chi connectivity index (χ0) is 30.7. The number of carbonyl (C=O) groups excluding carboxylic acids is 3. The highest BCUT2D eigenvalue weighted by atomic mass is 35.5. The van der Waals surface area contributed by atoms with Gasteiger partial charge in [0, 0.05) is 17.5 Å². The molecule has 3 amide bonds. The van der Waals surface area contributed by atoms with Crippen molar-refractivity contribution in [1.29, 1.82) is 0 Å². The van der Waals surface area contributed by atoms with Crippen molar-refractivity contribution in [2.45, 2.75) is 63.5 Å². The molecule has 5 rings (SSSR count). The van der Waals surface area contributed by atoms with Crippen molar-refractivity contribution in [2.75, 3.05) is 26.9 Å². The molecule has 1 saturated heterocycles. The van der Waals surface area contributed by atoms with Gasteiger partial charge in [-0.2, -0.15) is 0 Å². The molecular formula is C32H40ClN5O5. The van der Waals surface area contributed by atoms with E-state index in [9.17, 15) is 14.4 Å². The van der Waals surface area contributed by atoms with Crippen LogP contribution in [0.1, 0.15) is 68.9 Å². The fourth-order valence-corrected chi connectivity index (χ4v) is 6.38. The molecule has 1 aliphatic heterocycles. The Morgan fingerprint density at radius 1 is 1.14 bits per heavy atom. The van der Waals surface area contributed by atoms with Crippen LogP contribution in [0.15, 0.2) is 42.5 Å². The van der Waals surface area contributed by atoms with Crippen molar-refractivity contribution in [1.82, 2.24) is 25.9 Å². The molecule has 2 aromatic carbocycles. The van der Waals surface area contributed by atoms with Crippen LogP contribution in [0.3, 0.4) is 0 Å². The molecule has 0 radical (unpaired) electrons. The number of H-pyrrole nitrogens is 1. The van der Waals surface area contributed by atoms with Crippen molar-refractivity contribution in [2.24, 2.45) is 11.8 Å². The van der Waals surface area contributed by atoms with Gasteiger partial charge in [-0.1, -0.05) is 56.1 Å². The lowest BCUT2D eigenvalue weighted by atomic mass is 9.75. The average molecular weight is 610 g/mol. The molecule has 230 valence electrons. The highest BCUT2D eigenvalue weighted by molar-refractivity contribution is 6.31. The van der Waals surface area contributed by atoms with Crippen LogP contribution >= 0.6 is 11.6 Å². The average Bonchev–Trinajstić information content (AvgIpc) is 3.35. The quantitative estimate of drug-likeness (QED) is 0.248. The predicted octanol–water partition coefficient (Wildman–Crippen LogP) is 4.74. The Hall–Kier alpha value is -3.63. The Morgan fingerprint density at radius 2 is 1.88 bits per heavy atom. The minimum Gasteiger partial charge on any atom is -0.453 e. The molecule has 0 bridgehead atoms. The summed E-state index contributed by atoms with van der Waals surface area (Å²) < 4.78 is 10.5. The second-order valence-corrected chi connectivity index (χ2v) is 12.3. The number of aromatic nitrogens is 2. The van der Waals surface area contributed by atoms with E-state index in [1.807, 2.05) is 49.4 Å². The fourth-order valence-electron chi connectivity index (χ4n) is 6.12. The topological polar surface area (TPSA) is 134 Å². The Morgan fingerprint density at radius 3 is 2.47 bits per heavy atom. The van der Waals surface area contributed by atoms with Crippen LogP contribution in [-0.4, -0.2) is 60.8 Å². The van der Waals surface area contributed by atoms with Gasteiger partial charge >= 0.3 is 6.09 Å². The van der Waals surface area contributed by atoms with E-state index in [-0.39, 0.29) is 42.8 Å². The zero-order valence-electron chi connectivity index (χ0n) is 25.0. The first-order chi connectivity index (χ1) is 20.7. The highest BCUT2D eigenvalue weighted by Crippen LogP contribution is 2.41. The first-order valence-corrected chi connectivity index (χ1v) is 15.3. The van der Waals surface area contributed by atoms with Crippen LogP contribution < -0.4 is 16.0 Å². The number of methoxy groups -OCH3 is 1. The highest BCUT2D eigenvalue weighted by Gasteiger charge is 2.49. The molecular weight excluding hydrogens is 570 g/mol. The first-order valence-electron chi connectivity index (χ1n) is 14.9. The van der Waals surface area contributed by atoms with Gasteiger partial charge in [0.2, 0.25) is 11.8 Å². The lowest BCUT2D eigenvalue weighted by Crippen LogP contribution is -2.62. The number of carbonyl (C=O) groups is 3. The molecule has 43 heavy (non-hydrogen) atoms. The van der Waals surface area contributed by atoms with E-state index >= 15 is 0 Å². The summed E-state index contributed by atoms with van der Waals surface area (Å²) in [6.07, 6.45) is 2.31. The van der Waals surface area contributed by atoms with Gasteiger partial charge in [-0.3, -0.25) is 9.59 Å². The standard InChI is InChI=1S/C32H40ClN5O5/c1-5-34-29(39)26(19-9-8-10-19)37-30(40)32(16-43-17-32)20-13-14-23-24(15-20)36-28(35-23)27(38-31(41)42-4)25(18(2)3)21-11-6-7-12-22(21)33/h6-7,11-15,18-19,25-27H,5,8-10,16-17H2,1-4H3,(H,34,39)(H,35,36)(H,37,40)(H,38,41)/t25-,26+,27-/m0/s1. The van der Waals surface area contributed by atoms with Gasteiger partial charge in [-0.25, -0.2) is 9.78 Å². The van der Waals surface area contributed by atoms with Crippen molar-refractivity contribution >= 4 is 40.5 Å². The van der Waals surface area contributed by atoms with E-state index in [0.29, 0.717) is 22.9 Å². The van der Waals surface area contributed by atoms with E-state index in [1.54, 1.807) is 0 Å². The summed E-state index contributed by atoms with van der Waals surface area (Å²) in [5, 5.41) is 9.49. The predicted molar refractivity (Wildman–Crippen MR) is 164 cm³/mol. The summed E-state index contributed by atoms with van der Waals surface area (Å²) in [6.45, 7) is 6.93. The number of halogens is 1. The molecule has 1 aromatic heterocycles. The molecule has 0 unspecified atom stereocenters. The SMILES string of the molecule is CCNC(=O)[C@H](NC(=O)C1(c2ccc3[nH]c([C@@H](NC(=O)OC)[C@H](c4ccccc4Cl)C(C)C)nc3c2)COC1)C1CCC1. The number of hydrogen-bond donors (Lipinski definition) is 4. The van der Waals surface area contributed by atoms with E-state index in [4.69, 9.17) is 26.1 Å². The fraction of sp³-hybridized carbons (Fsp3) is 0.500. The van der Waals surface area contributed by atoms with Crippen LogP contribution in [0.4, 0.5) is 4.79 Å². The zero-order valence-corrected chi connectivity index (χ0v) is 25.8. The van der Waals surface area contributed by atoms with Crippen molar-refractivity contribution in [3.8, 4) is 0 Å². The summed E-state index contributed by atoms with van der Waals surface area (Å²) in [5.74, 6) is 0.171. The van der Waals surface area contributed by atoms with Crippen LogP contribution in [0.25, 0.3) is 11.0 Å². The Labute approximate surface area is 256 Å². The number of imidazole rings is 1. The normalized spacial score (nSPS) is 18.2. The minimum absolute atomic E-state index is 0.0819. The molecule has 3 aromatic rings. The summed E-state index contributed by atoms with van der Waals surface area (Å²) in [6, 6.07) is 12.1. The Balaban J connectivity index is 1.48.